The molecule has 0 aromatic rings. The van der Waals surface area contributed by atoms with Crippen molar-refractivity contribution in [2.24, 2.45) is 11.8 Å². The minimum absolute atomic E-state index is 0.157. The van der Waals surface area contributed by atoms with Gasteiger partial charge in [-0.3, -0.25) is 15.1 Å². The van der Waals surface area contributed by atoms with Crippen molar-refractivity contribution in [3.63, 3.8) is 0 Å². The topological polar surface area (TPSA) is 56.2 Å². The fourth-order valence-corrected chi connectivity index (χ4v) is 4.77. The summed E-state index contributed by atoms with van der Waals surface area (Å²) in [6.07, 6.45) is 13.5. The van der Waals surface area contributed by atoms with Gasteiger partial charge in [0.1, 0.15) is 5.54 Å². The molecular weight excluding hydrogens is 262 g/mol. The number of rotatable bonds is 3. The van der Waals surface area contributed by atoms with E-state index in [-0.39, 0.29) is 5.91 Å². The van der Waals surface area contributed by atoms with Crippen molar-refractivity contribution in [1.29, 1.82) is 5.41 Å². The molecule has 3 aliphatic rings. The fourth-order valence-electron chi connectivity index (χ4n) is 4.77. The molecule has 1 atom stereocenters. The SMILES string of the molecule is CN1C(=N)NC(CC2CCCCC2)(C2CCCCC2)C1=O. The number of hydrogen-bond donors (Lipinski definition) is 2. The summed E-state index contributed by atoms with van der Waals surface area (Å²) >= 11 is 0. The van der Waals surface area contributed by atoms with Crippen molar-refractivity contribution in [1.82, 2.24) is 10.2 Å². The minimum Gasteiger partial charge on any atom is -0.341 e. The highest BCUT2D eigenvalue weighted by Gasteiger charge is 2.53. The molecule has 0 aromatic carbocycles. The number of likely N-dealkylation sites (N-methyl/N-ethyl adjacent to an activating group) is 1. The molecular formula is C17H29N3O. The third kappa shape index (κ3) is 2.69. The third-order valence-corrected chi connectivity index (χ3v) is 6.00. The lowest BCUT2D eigenvalue weighted by Crippen LogP contribution is -2.55. The highest BCUT2D eigenvalue weighted by atomic mass is 16.2. The largest absolute Gasteiger partial charge is 0.341 e. The van der Waals surface area contributed by atoms with E-state index in [4.69, 9.17) is 5.41 Å². The summed E-state index contributed by atoms with van der Waals surface area (Å²) in [4.78, 5) is 14.5. The summed E-state index contributed by atoms with van der Waals surface area (Å²) in [7, 11) is 1.75. The van der Waals surface area contributed by atoms with Crippen molar-refractivity contribution >= 4 is 11.9 Å². The van der Waals surface area contributed by atoms with Gasteiger partial charge in [0.05, 0.1) is 0 Å². The van der Waals surface area contributed by atoms with Gasteiger partial charge in [-0.15, -0.1) is 0 Å². The summed E-state index contributed by atoms with van der Waals surface area (Å²) in [5.41, 5.74) is -0.464. The molecule has 2 aliphatic carbocycles. The Morgan fingerprint density at radius 2 is 1.67 bits per heavy atom. The number of nitrogens with one attached hydrogen (secondary N) is 2. The lowest BCUT2D eigenvalue weighted by atomic mass is 9.68. The number of nitrogens with zero attached hydrogens (tertiary/aromatic N) is 1. The molecule has 0 aromatic heterocycles. The van der Waals surface area contributed by atoms with Crippen LogP contribution in [0.4, 0.5) is 0 Å². The predicted molar refractivity (Wildman–Crippen MR) is 84.1 cm³/mol. The highest BCUT2D eigenvalue weighted by molar-refractivity contribution is 6.07. The zero-order chi connectivity index (χ0) is 14.9. The summed E-state index contributed by atoms with van der Waals surface area (Å²) in [5, 5.41) is 11.4. The third-order valence-electron chi connectivity index (χ3n) is 6.00. The van der Waals surface area contributed by atoms with Crippen molar-refractivity contribution in [2.45, 2.75) is 76.2 Å². The summed E-state index contributed by atoms with van der Waals surface area (Å²) < 4.78 is 0. The summed E-state index contributed by atoms with van der Waals surface area (Å²) in [6, 6.07) is 0. The van der Waals surface area contributed by atoms with E-state index in [9.17, 15) is 4.79 Å². The van der Waals surface area contributed by atoms with E-state index < -0.39 is 5.54 Å². The molecule has 3 rings (SSSR count). The Bertz CT molecular complexity index is 410. The zero-order valence-corrected chi connectivity index (χ0v) is 13.3. The van der Waals surface area contributed by atoms with Crippen LogP contribution in [0, 0.1) is 17.2 Å². The number of carbonyl (C=O) groups excluding carboxylic acids is 1. The Balaban J connectivity index is 1.83. The zero-order valence-electron chi connectivity index (χ0n) is 13.3. The standard InChI is InChI=1S/C17H29N3O/c1-20-15(21)17(19-16(20)18,14-10-6-3-7-11-14)12-13-8-4-2-5-9-13/h13-14H,2-12H2,1H3,(H2,18,19). The van der Waals surface area contributed by atoms with Gasteiger partial charge < -0.3 is 5.32 Å². The van der Waals surface area contributed by atoms with Gasteiger partial charge in [0.25, 0.3) is 5.91 Å². The highest BCUT2D eigenvalue weighted by Crippen LogP contribution is 2.42. The second-order valence-electron chi connectivity index (χ2n) is 7.35. The Morgan fingerprint density at radius 3 is 2.19 bits per heavy atom. The number of amides is 1. The average molecular weight is 291 g/mol. The first-order valence-electron chi connectivity index (χ1n) is 8.78. The van der Waals surface area contributed by atoms with Crippen LogP contribution in [-0.4, -0.2) is 29.4 Å². The molecule has 1 unspecified atom stereocenters. The lowest BCUT2D eigenvalue weighted by Gasteiger charge is -2.40. The molecule has 1 aliphatic heterocycles. The van der Waals surface area contributed by atoms with Crippen molar-refractivity contribution in [3.8, 4) is 0 Å². The second kappa shape index (κ2) is 5.98. The van der Waals surface area contributed by atoms with Crippen LogP contribution in [0.5, 0.6) is 0 Å². The molecule has 4 heteroatoms. The van der Waals surface area contributed by atoms with E-state index in [0.717, 1.165) is 19.3 Å². The number of guanidine groups is 1. The molecule has 0 spiro atoms. The maximum atomic E-state index is 12.9. The van der Waals surface area contributed by atoms with Gasteiger partial charge in [-0.2, -0.15) is 0 Å². The fraction of sp³-hybridized carbons (Fsp3) is 0.882. The van der Waals surface area contributed by atoms with Gasteiger partial charge >= 0.3 is 0 Å². The van der Waals surface area contributed by atoms with Gasteiger partial charge in [0.2, 0.25) is 0 Å². The molecule has 0 bridgehead atoms. The van der Waals surface area contributed by atoms with Crippen LogP contribution in [0.15, 0.2) is 0 Å². The molecule has 2 saturated carbocycles. The maximum Gasteiger partial charge on any atom is 0.255 e. The molecule has 118 valence electrons. The smallest absolute Gasteiger partial charge is 0.255 e. The molecule has 0 radical (unpaired) electrons. The monoisotopic (exact) mass is 291 g/mol. The van der Waals surface area contributed by atoms with Gasteiger partial charge in [-0.1, -0.05) is 51.4 Å². The Morgan fingerprint density at radius 1 is 1.10 bits per heavy atom. The molecule has 3 fully saturated rings. The number of carbonyl (C=O) groups is 1. The Hall–Kier alpha value is -1.06. The van der Waals surface area contributed by atoms with Crippen LogP contribution in [0.25, 0.3) is 0 Å². The first-order valence-corrected chi connectivity index (χ1v) is 8.78. The van der Waals surface area contributed by atoms with Gasteiger partial charge in [-0.05, 0) is 31.1 Å². The van der Waals surface area contributed by atoms with E-state index in [2.05, 4.69) is 5.32 Å². The van der Waals surface area contributed by atoms with Crippen LogP contribution < -0.4 is 5.32 Å². The lowest BCUT2D eigenvalue weighted by molar-refractivity contribution is -0.133. The van der Waals surface area contributed by atoms with E-state index in [1.165, 1.54) is 56.3 Å². The van der Waals surface area contributed by atoms with E-state index in [1.54, 1.807) is 7.05 Å². The number of hydrogen-bond acceptors (Lipinski definition) is 2. The van der Waals surface area contributed by atoms with E-state index >= 15 is 0 Å². The first kappa shape index (κ1) is 14.9. The summed E-state index contributed by atoms with van der Waals surface area (Å²) in [6.45, 7) is 0. The quantitative estimate of drug-likeness (QED) is 0.838. The maximum absolute atomic E-state index is 12.9. The molecule has 2 N–H and O–H groups in total. The van der Waals surface area contributed by atoms with Gasteiger partial charge in [0, 0.05) is 7.05 Å². The van der Waals surface area contributed by atoms with E-state index in [1.807, 2.05) is 0 Å². The summed E-state index contributed by atoms with van der Waals surface area (Å²) in [5.74, 6) is 1.55. The molecule has 1 amide bonds. The van der Waals surface area contributed by atoms with Crippen LogP contribution in [0.3, 0.4) is 0 Å². The van der Waals surface area contributed by atoms with Crippen molar-refractivity contribution < 1.29 is 4.79 Å². The van der Waals surface area contributed by atoms with Crippen molar-refractivity contribution in [3.05, 3.63) is 0 Å². The molecule has 21 heavy (non-hydrogen) atoms. The van der Waals surface area contributed by atoms with Gasteiger partial charge in [-0.25, -0.2) is 0 Å². The van der Waals surface area contributed by atoms with Gasteiger partial charge in [0.15, 0.2) is 5.96 Å². The molecule has 1 heterocycles. The van der Waals surface area contributed by atoms with Crippen LogP contribution in [0.2, 0.25) is 0 Å². The molecule has 1 saturated heterocycles. The van der Waals surface area contributed by atoms with Crippen LogP contribution in [0.1, 0.15) is 70.6 Å². The van der Waals surface area contributed by atoms with Crippen molar-refractivity contribution in [2.75, 3.05) is 7.05 Å². The van der Waals surface area contributed by atoms with E-state index in [0.29, 0.717) is 17.8 Å². The molecule has 4 nitrogen and oxygen atoms in total. The second-order valence-corrected chi connectivity index (χ2v) is 7.35. The normalized spacial score (nSPS) is 32.5. The van der Waals surface area contributed by atoms with Crippen LogP contribution >= 0.6 is 0 Å². The predicted octanol–water partition coefficient (Wildman–Crippen LogP) is 3.27. The Labute approximate surface area is 128 Å². The first-order chi connectivity index (χ1) is 10.1. The Kier molecular flexibility index (Phi) is 4.23. The average Bonchev–Trinajstić information content (AvgIpc) is 2.74. The van der Waals surface area contributed by atoms with Crippen LogP contribution in [-0.2, 0) is 4.79 Å². The minimum atomic E-state index is -0.464.